The van der Waals surface area contributed by atoms with Crippen LogP contribution >= 0.6 is 11.6 Å². The Morgan fingerprint density at radius 3 is 2.67 bits per heavy atom. The SMILES string of the molecule is Clc1cccc2c1C=[C]2. The van der Waals surface area contributed by atoms with Crippen LogP contribution in [-0.4, -0.2) is 0 Å². The van der Waals surface area contributed by atoms with Crippen LogP contribution in [0.5, 0.6) is 0 Å². The second-order valence-corrected chi connectivity index (χ2v) is 2.40. The summed E-state index contributed by atoms with van der Waals surface area (Å²) in [6, 6.07) is 5.82. The van der Waals surface area contributed by atoms with Crippen molar-refractivity contribution >= 4 is 17.7 Å². The standard InChI is InChI=1S/C8H4Cl/c9-8-3-1-2-6-4-5-7(6)8/h1-3,5H. The van der Waals surface area contributed by atoms with Gasteiger partial charge >= 0.3 is 0 Å². The molecule has 1 heteroatoms. The zero-order valence-corrected chi connectivity index (χ0v) is 5.44. The van der Waals surface area contributed by atoms with Crippen LogP contribution in [0.4, 0.5) is 0 Å². The maximum Gasteiger partial charge on any atom is 0.0484 e. The van der Waals surface area contributed by atoms with Gasteiger partial charge in [0.15, 0.2) is 0 Å². The average molecular weight is 136 g/mol. The number of halogens is 1. The highest BCUT2D eigenvalue weighted by Gasteiger charge is 2.07. The number of hydrogen-bond donors (Lipinski definition) is 0. The summed E-state index contributed by atoms with van der Waals surface area (Å²) in [7, 11) is 0. The van der Waals surface area contributed by atoms with Crippen LogP contribution in [0.1, 0.15) is 11.1 Å². The van der Waals surface area contributed by atoms with Gasteiger partial charge in [0.1, 0.15) is 0 Å². The molecule has 0 nitrogen and oxygen atoms in total. The number of fused-ring (bicyclic) bond motifs is 1. The minimum atomic E-state index is 0.825. The third-order valence-electron chi connectivity index (χ3n) is 1.42. The molecule has 0 aliphatic heterocycles. The molecule has 0 heterocycles. The average Bonchev–Trinajstić information content (AvgIpc) is 1.74. The van der Waals surface area contributed by atoms with Crippen molar-refractivity contribution in [3.63, 3.8) is 0 Å². The van der Waals surface area contributed by atoms with Crippen LogP contribution in [0.2, 0.25) is 5.02 Å². The van der Waals surface area contributed by atoms with Crippen molar-refractivity contribution in [3.8, 4) is 0 Å². The Balaban J connectivity index is 2.70. The summed E-state index contributed by atoms with van der Waals surface area (Å²) in [5.74, 6) is 0. The van der Waals surface area contributed by atoms with Crippen molar-refractivity contribution < 1.29 is 0 Å². The Hall–Kier alpha value is -0.750. The molecule has 0 aromatic heterocycles. The van der Waals surface area contributed by atoms with E-state index in [1.165, 1.54) is 0 Å². The summed E-state index contributed by atoms with van der Waals surface area (Å²) >= 11 is 5.79. The van der Waals surface area contributed by atoms with E-state index in [2.05, 4.69) is 6.08 Å². The predicted molar refractivity (Wildman–Crippen MR) is 38.3 cm³/mol. The molecule has 0 unspecified atom stereocenters. The highest BCUT2D eigenvalue weighted by molar-refractivity contribution is 6.32. The van der Waals surface area contributed by atoms with E-state index in [-0.39, 0.29) is 0 Å². The van der Waals surface area contributed by atoms with Gasteiger partial charge in [-0.25, -0.2) is 0 Å². The molecular weight excluding hydrogens is 132 g/mol. The lowest BCUT2D eigenvalue weighted by atomic mass is 9.98. The summed E-state index contributed by atoms with van der Waals surface area (Å²) in [4.78, 5) is 0. The quantitative estimate of drug-likeness (QED) is 0.521. The minimum Gasteiger partial charge on any atom is -0.0837 e. The van der Waals surface area contributed by atoms with Crippen molar-refractivity contribution in [2.45, 2.75) is 0 Å². The highest BCUT2D eigenvalue weighted by atomic mass is 35.5. The van der Waals surface area contributed by atoms with Gasteiger partial charge in [0.05, 0.1) is 0 Å². The highest BCUT2D eigenvalue weighted by Crippen LogP contribution is 2.27. The molecule has 0 atom stereocenters. The molecule has 43 valence electrons. The van der Waals surface area contributed by atoms with Gasteiger partial charge in [0, 0.05) is 10.6 Å². The molecule has 0 fully saturated rings. The monoisotopic (exact) mass is 135 g/mol. The second-order valence-electron chi connectivity index (χ2n) is 1.99. The molecule has 1 radical (unpaired) electrons. The van der Waals surface area contributed by atoms with E-state index in [4.69, 9.17) is 11.6 Å². The van der Waals surface area contributed by atoms with E-state index in [1.807, 2.05) is 24.3 Å². The normalized spacial score (nSPS) is 12.6. The smallest absolute Gasteiger partial charge is 0.0484 e. The Kier molecular flexibility index (Phi) is 0.908. The summed E-state index contributed by atoms with van der Waals surface area (Å²) in [6.07, 6.45) is 4.92. The van der Waals surface area contributed by atoms with E-state index < -0.39 is 0 Å². The van der Waals surface area contributed by atoms with Gasteiger partial charge in [-0.05, 0) is 23.8 Å². The maximum atomic E-state index is 5.79. The van der Waals surface area contributed by atoms with Gasteiger partial charge in [-0.3, -0.25) is 0 Å². The molecule has 0 saturated heterocycles. The summed E-state index contributed by atoms with van der Waals surface area (Å²) in [6.45, 7) is 0. The second kappa shape index (κ2) is 1.61. The third-order valence-corrected chi connectivity index (χ3v) is 1.75. The van der Waals surface area contributed by atoms with E-state index in [9.17, 15) is 0 Å². The topological polar surface area (TPSA) is 0 Å². The van der Waals surface area contributed by atoms with Gasteiger partial charge in [0.2, 0.25) is 0 Å². The van der Waals surface area contributed by atoms with Crippen LogP contribution < -0.4 is 0 Å². The largest absolute Gasteiger partial charge is 0.0837 e. The minimum absolute atomic E-state index is 0.825. The first-order valence-electron chi connectivity index (χ1n) is 2.76. The molecule has 9 heavy (non-hydrogen) atoms. The lowest BCUT2D eigenvalue weighted by molar-refractivity contribution is 1.48. The number of rotatable bonds is 0. The Bertz CT molecular complexity index is 274. The van der Waals surface area contributed by atoms with E-state index in [1.54, 1.807) is 0 Å². The first kappa shape index (κ1) is 5.07. The van der Waals surface area contributed by atoms with Gasteiger partial charge in [-0.1, -0.05) is 23.7 Å². The molecule has 1 aliphatic rings. The molecule has 0 bridgehead atoms. The van der Waals surface area contributed by atoms with Gasteiger partial charge in [0.25, 0.3) is 0 Å². The fourth-order valence-corrected chi connectivity index (χ4v) is 1.11. The van der Waals surface area contributed by atoms with Crippen molar-refractivity contribution in [3.05, 3.63) is 40.4 Å². The first-order valence-corrected chi connectivity index (χ1v) is 3.14. The van der Waals surface area contributed by atoms with Gasteiger partial charge < -0.3 is 0 Å². The predicted octanol–water partition coefficient (Wildman–Crippen LogP) is 2.52. The van der Waals surface area contributed by atoms with Gasteiger partial charge in [-0.2, -0.15) is 0 Å². The molecule has 1 aromatic rings. The molecule has 0 spiro atoms. The molecular formula is C8H4Cl. The van der Waals surface area contributed by atoms with Crippen LogP contribution in [0.25, 0.3) is 6.08 Å². The molecule has 0 saturated carbocycles. The van der Waals surface area contributed by atoms with Crippen LogP contribution in [-0.2, 0) is 0 Å². The molecule has 0 N–H and O–H groups in total. The Morgan fingerprint density at radius 1 is 1.33 bits per heavy atom. The molecule has 0 amide bonds. The van der Waals surface area contributed by atoms with Crippen LogP contribution in [0, 0.1) is 6.08 Å². The molecule has 2 rings (SSSR count). The third kappa shape index (κ3) is 0.600. The summed E-state index contributed by atoms with van der Waals surface area (Å²) in [5.41, 5.74) is 2.25. The number of hydrogen-bond acceptors (Lipinski definition) is 0. The lowest BCUT2D eigenvalue weighted by Gasteiger charge is -2.09. The Labute approximate surface area is 58.8 Å². The first-order chi connectivity index (χ1) is 4.38. The Morgan fingerprint density at radius 2 is 2.22 bits per heavy atom. The van der Waals surface area contributed by atoms with E-state index in [0.717, 1.165) is 16.1 Å². The molecule has 1 aromatic carbocycles. The summed E-state index contributed by atoms with van der Waals surface area (Å²) in [5, 5.41) is 0.825. The lowest BCUT2D eigenvalue weighted by Crippen LogP contribution is -1.90. The zero-order chi connectivity index (χ0) is 6.27. The van der Waals surface area contributed by atoms with Crippen molar-refractivity contribution in [2.24, 2.45) is 0 Å². The van der Waals surface area contributed by atoms with Crippen molar-refractivity contribution in [1.29, 1.82) is 0 Å². The number of benzene rings is 1. The fourth-order valence-electron chi connectivity index (χ4n) is 0.882. The van der Waals surface area contributed by atoms with Gasteiger partial charge in [-0.15, -0.1) is 0 Å². The van der Waals surface area contributed by atoms with Crippen molar-refractivity contribution in [1.82, 2.24) is 0 Å². The van der Waals surface area contributed by atoms with Crippen LogP contribution in [0.3, 0.4) is 0 Å². The fraction of sp³-hybridized carbons (Fsp3) is 0. The van der Waals surface area contributed by atoms with Crippen molar-refractivity contribution in [2.75, 3.05) is 0 Å². The maximum absolute atomic E-state index is 5.79. The zero-order valence-electron chi connectivity index (χ0n) is 4.69. The van der Waals surface area contributed by atoms with E-state index >= 15 is 0 Å². The van der Waals surface area contributed by atoms with E-state index in [0.29, 0.717) is 0 Å². The molecule has 1 aliphatic carbocycles. The summed E-state index contributed by atoms with van der Waals surface area (Å²) < 4.78 is 0. The van der Waals surface area contributed by atoms with Crippen LogP contribution in [0.15, 0.2) is 18.2 Å².